The van der Waals surface area contributed by atoms with Crippen molar-refractivity contribution in [3.63, 3.8) is 0 Å². The first kappa shape index (κ1) is 13.5. The first-order valence-corrected chi connectivity index (χ1v) is 6.75. The lowest BCUT2D eigenvalue weighted by molar-refractivity contribution is -0.143. The molecule has 0 N–H and O–H groups in total. The third kappa shape index (κ3) is 4.05. The molecular weight excluding hydrogens is 242 g/mol. The second-order valence-electron chi connectivity index (χ2n) is 4.40. The molecule has 0 amide bonds. The van der Waals surface area contributed by atoms with Gasteiger partial charge in [-0.25, -0.2) is 0 Å². The molecule has 5 heteroatoms. The molecule has 0 saturated heterocycles. The van der Waals surface area contributed by atoms with Gasteiger partial charge in [0.2, 0.25) is 0 Å². The van der Waals surface area contributed by atoms with Crippen molar-refractivity contribution in [3.05, 3.63) is 24.3 Å². The molecular formula is C14H19N3O2. The smallest absolute Gasteiger partial charge is 0.305 e. The molecule has 1 aromatic carbocycles. The van der Waals surface area contributed by atoms with Crippen LogP contribution in [0.2, 0.25) is 0 Å². The highest BCUT2D eigenvalue weighted by atomic mass is 16.5. The van der Waals surface area contributed by atoms with E-state index in [1.807, 2.05) is 31.2 Å². The van der Waals surface area contributed by atoms with Crippen molar-refractivity contribution in [2.45, 2.75) is 39.2 Å². The molecule has 1 heterocycles. The van der Waals surface area contributed by atoms with Gasteiger partial charge in [0.05, 0.1) is 13.2 Å². The van der Waals surface area contributed by atoms with Gasteiger partial charge in [-0.05, 0) is 31.9 Å². The van der Waals surface area contributed by atoms with E-state index in [1.54, 1.807) is 4.80 Å². The monoisotopic (exact) mass is 261 g/mol. The fourth-order valence-corrected chi connectivity index (χ4v) is 1.94. The molecule has 2 aromatic rings. The molecule has 1 aromatic heterocycles. The Hall–Kier alpha value is -1.91. The second kappa shape index (κ2) is 6.87. The molecule has 0 aliphatic rings. The first-order valence-electron chi connectivity index (χ1n) is 6.75. The van der Waals surface area contributed by atoms with Crippen molar-refractivity contribution in [1.29, 1.82) is 0 Å². The van der Waals surface area contributed by atoms with Gasteiger partial charge in [-0.2, -0.15) is 15.0 Å². The van der Waals surface area contributed by atoms with E-state index in [1.165, 1.54) is 0 Å². The predicted molar refractivity (Wildman–Crippen MR) is 72.6 cm³/mol. The third-order valence-corrected chi connectivity index (χ3v) is 2.87. The van der Waals surface area contributed by atoms with Gasteiger partial charge in [-0.3, -0.25) is 4.79 Å². The van der Waals surface area contributed by atoms with Crippen LogP contribution in [0.25, 0.3) is 11.0 Å². The van der Waals surface area contributed by atoms with Gasteiger partial charge in [-0.1, -0.05) is 18.6 Å². The SMILES string of the molecule is CCOC(=O)CCCCCn1nc2ccccc2n1. The van der Waals surface area contributed by atoms with Crippen LogP contribution in [0.15, 0.2) is 24.3 Å². The summed E-state index contributed by atoms with van der Waals surface area (Å²) in [5.74, 6) is -0.106. The van der Waals surface area contributed by atoms with E-state index < -0.39 is 0 Å². The Balaban J connectivity index is 1.69. The zero-order valence-electron chi connectivity index (χ0n) is 11.2. The van der Waals surface area contributed by atoms with E-state index in [-0.39, 0.29) is 5.97 Å². The van der Waals surface area contributed by atoms with Crippen LogP contribution >= 0.6 is 0 Å². The highest BCUT2D eigenvalue weighted by Gasteiger charge is 2.03. The van der Waals surface area contributed by atoms with Crippen LogP contribution in [0.5, 0.6) is 0 Å². The highest BCUT2D eigenvalue weighted by molar-refractivity contribution is 5.72. The number of carbonyl (C=O) groups is 1. The lowest BCUT2D eigenvalue weighted by Gasteiger charge is -2.01. The van der Waals surface area contributed by atoms with Crippen LogP contribution < -0.4 is 0 Å². The van der Waals surface area contributed by atoms with Crippen LogP contribution in [0.4, 0.5) is 0 Å². The standard InChI is InChI=1S/C14H19N3O2/c1-2-19-14(18)10-4-3-7-11-17-15-12-8-5-6-9-13(12)16-17/h5-6,8-9H,2-4,7,10-11H2,1H3. The largest absolute Gasteiger partial charge is 0.466 e. The summed E-state index contributed by atoms with van der Waals surface area (Å²) >= 11 is 0. The number of ether oxygens (including phenoxy) is 1. The number of hydrogen-bond acceptors (Lipinski definition) is 4. The predicted octanol–water partition coefficient (Wildman–Crippen LogP) is 2.55. The highest BCUT2D eigenvalue weighted by Crippen LogP contribution is 2.08. The van der Waals surface area contributed by atoms with E-state index in [0.29, 0.717) is 13.0 Å². The summed E-state index contributed by atoms with van der Waals surface area (Å²) < 4.78 is 4.88. The topological polar surface area (TPSA) is 57.0 Å². The van der Waals surface area contributed by atoms with Crippen molar-refractivity contribution in [3.8, 4) is 0 Å². The molecule has 0 unspecified atom stereocenters. The number of carbonyl (C=O) groups excluding carboxylic acids is 1. The Kier molecular flexibility index (Phi) is 4.89. The van der Waals surface area contributed by atoms with Crippen molar-refractivity contribution < 1.29 is 9.53 Å². The Bertz CT molecular complexity index is 503. The molecule has 102 valence electrons. The van der Waals surface area contributed by atoms with E-state index >= 15 is 0 Å². The summed E-state index contributed by atoms with van der Waals surface area (Å²) in [6, 6.07) is 7.83. The molecule has 19 heavy (non-hydrogen) atoms. The summed E-state index contributed by atoms with van der Waals surface area (Å²) in [7, 11) is 0. The maximum atomic E-state index is 11.1. The third-order valence-electron chi connectivity index (χ3n) is 2.87. The fourth-order valence-electron chi connectivity index (χ4n) is 1.94. The summed E-state index contributed by atoms with van der Waals surface area (Å²) in [6.07, 6.45) is 3.32. The first-order chi connectivity index (χ1) is 9.29. The Morgan fingerprint density at radius 3 is 2.47 bits per heavy atom. The molecule has 0 aliphatic carbocycles. The van der Waals surface area contributed by atoms with Gasteiger partial charge < -0.3 is 4.74 Å². The van der Waals surface area contributed by atoms with Gasteiger partial charge in [-0.15, -0.1) is 0 Å². The van der Waals surface area contributed by atoms with Gasteiger partial charge in [0.1, 0.15) is 11.0 Å². The minimum atomic E-state index is -0.106. The van der Waals surface area contributed by atoms with Gasteiger partial charge in [0, 0.05) is 6.42 Å². The molecule has 5 nitrogen and oxygen atoms in total. The molecule has 0 atom stereocenters. The Morgan fingerprint density at radius 1 is 1.16 bits per heavy atom. The number of aromatic nitrogens is 3. The summed E-state index contributed by atoms with van der Waals surface area (Å²) in [5, 5.41) is 8.78. The zero-order valence-corrected chi connectivity index (χ0v) is 11.2. The number of rotatable bonds is 7. The minimum absolute atomic E-state index is 0.106. The van der Waals surface area contributed by atoms with Crippen LogP contribution in [0, 0.1) is 0 Å². The van der Waals surface area contributed by atoms with E-state index in [4.69, 9.17) is 4.74 Å². The van der Waals surface area contributed by atoms with Crippen LogP contribution in [0.3, 0.4) is 0 Å². The molecule has 0 aliphatic heterocycles. The summed E-state index contributed by atoms with van der Waals surface area (Å²) in [5.41, 5.74) is 1.85. The normalized spacial score (nSPS) is 10.8. The fraction of sp³-hybridized carbons (Fsp3) is 0.500. The van der Waals surface area contributed by atoms with Crippen molar-refractivity contribution in [2.24, 2.45) is 0 Å². The van der Waals surface area contributed by atoms with Gasteiger partial charge in [0.25, 0.3) is 0 Å². The number of fused-ring (bicyclic) bond motifs is 1. The molecule has 0 fully saturated rings. The quantitative estimate of drug-likeness (QED) is 0.567. The van der Waals surface area contributed by atoms with Gasteiger partial charge in [0.15, 0.2) is 0 Å². The Labute approximate surface area is 112 Å². The minimum Gasteiger partial charge on any atom is -0.466 e. The number of esters is 1. The van der Waals surface area contributed by atoms with Gasteiger partial charge >= 0.3 is 5.97 Å². The average Bonchev–Trinajstić information content (AvgIpc) is 2.81. The van der Waals surface area contributed by atoms with Crippen LogP contribution in [0.1, 0.15) is 32.6 Å². The van der Waals surface area contributed by atoms with E-state index in [9.17, 15) is 4.79 Å². The number of nitrogens with zero attached hydrogens (tertiary/aromatic N) is 3. The molecule has 0 radical (unpaired) electrons. The van der Waals surface area contributed by atoms with Crippen LogP contribution in [-0.4, -0.2) is 27.6 Å². The van der Waals surface area contributed by atoms with Crippen molar-refractivity contribution in [1.82, 2.24) is 15.0 Å². The number of aryl methyl sites for hydroxylation is 1. The maximum Gasteiger partial charge on any atom is 0.305 e. The maximum absolute atomic E-state index is 11.1. The zero-order chi connectivity index (χ0) is 13.5. The summed E-state index contributed by atoms with van der Waals surface area (Å²) in [6.45, 7) is 3.08. The molecule has 0 spiro atoms. The Morgan fingerprint density at radius 2 is 1.84 bits per heavy atom. The van der Waals surface area contributed by atoms with Crippen molar-refractivity contribution >= 4 is 17.0 Å². The number of unbranched alkanes of at least 4 members (excludes halogenated alkanes) is 2. The average molecular weight is 261 g/mol. The second-order valence-corrected chi connectivity index (χ2v) is 4.40. The molecule has 2 rings (SSSR count). The van der Waals surface area contributed by atoms with E-state index in [0.717, 1.165) is 36.8 Å². The van der Waals surface area contributed by atoms with Crippen LogP contribution in [-0.2, 0) is 16.1 Å². The molecule has 0 saturated carbocycles. The number of benzene rings is 1. The number of hydrogen-bond donors (Lipinski definition) is 0. The molecule has 0 bridgehead atoms. The summed E-state index contributed by atoms with van der Waals surface area (Å²) in [4.78, 5) is 12.9. The van der Waals surface area contributed by atoms with Crippen molar-refractivity contribution in [2.75, 3.05) is 6.61 Å². The lowest BCUT2D eigenvalue weighted by Crippen LogP contribution is -2.05. The lowest BCUT2D eigenvalue weighted by atomic mass is 10.2. The van der Waals surface area contributed by atoms with E-state index in [2.05, 4.69) is 10.2 Å².